The molecule has 6 heteroatoms. The number of fused-ring (bicyclic) bond motifs is 1. The maximum atomic E-state index is 10.9. The number of nitrogen functional groups attached to an aromatic ring is 1. The van der Waals surface area contributed by atoms with Crippen LogP contribution in [0.15, 0.2) is 30.3 Å². The maximum Gasteiger partial charge on any atom is 0.270 e. The van der Waals surface area contributed by atoms with Gasteiger partial charge in [0.1, 0.15) is 5.82 Å². The first-order chi connectivity index (χ1) is 9.95. The van der Waals surface area contributed by atoms with Crippen molar-refractivity contribution in [3.8, 4) is 11.4 Å². The van der Waals surface area contributed by atoms with Gasteiger partial charge in [-0.25, -0.2) is 4.98 Å². The molecule has 0 aliphatic rings. The largest absolute Gasteiger partial charge is 0.398 e. The Morgan fingerprint density at radius 3 is 2.62 bits per heavy atom. The third-order valence-electron chi connectivity index (χ3n) is 3.60. The van der Waals surface area contributed by atoms with E-state index in [1.54, 1.807) is 0 Å². The topological polar surface area (TPSA) is 97.8 Å². The Balaban J connectivity index is 2.20. The number of nitrogens with zero attached hydrogens (tertiary/aromatic N) is 2. The minimum atomic E-state index is -0.445. The van der Waals surface area contributed by atoms with E-state index in [0.29, 0.717) is 17.1 Å². The van der Waals surface area contributed by atoms with E-state index in [4.69, 9.17) is 5.73 Å². The zero-order chi connectivity index (χ0) is 15.1. The first kappa shape index (κ1) is 13.1. The van der Waals surface area contributed by atoms with Crippen molar-refractivity contribution in [2.24, 2.45) is 0 Å². The Bertz CT molecular complexity index is 828. The molecule has 0 radical (unpaired) electrons. The molecular weight excluding hydrogens is 268 g/mol. The highest BCUT2D eigenvalue weighted by molar-refractivity contribution is 5.84. The van der Waals surface area contributed by atoms with E-state index in [2.05, 4.69) is 9.97 Å². The predicted molar refractivity (Wildman–Crippen MR) is 82.1 cm³/mol. The highest BCUT2D eigenvalue weighted by Crippen LogP contribution is 2.30. The monoisotopic (exact) mass is 282 g/mol. The molecule has 0 unspecified atom stereocenters. The first-order valence-electron chi connectivity index (χ1n) is 6.47. The molecule has 21 heavy (non-hydrogen) atoms. The lowest BCUT2D eigenvalue weighted by Gasteiger charge is -2.01. The summed E-state index contributed by atoms with van der Waals surface area (Å²) < 4.78 is 0. The van der Waals surface area contributed by atoms with Crippen molar-refractivity contribution in [1.82, 2.24) is 9.97 Å². The van der Waals surface area contributed by atoms with Gasteiger partial charge in [0.2, 0.25) is 0 Å². The average molecular weight is 282 g/mol. The van der Waals surface area contributed by atoms with Gasteiger partial charge in [0.15, 0.2) is 0 Å². The molecular formula is C15H14N4O2. The van der Waals surface area contributed by atoms with Gasteiger partial charge in [0.25, 0.3) is 5.69 Å². The van der Waals surface area contributed by atoms with Crippen LogP contribution in [-0.4, -0.2) is 14.9 Å². The number of non-ortho nitro benzene ring substituents is 1. The third-order valence-corrected chi connectivity index (χ3v) is 3.60. The van der Waals surface area contributed by atoms with Crippen LogP contribution in [0.1, 0.15) is 11.1 Å². The normalized spacial score (nSPS) is 11.0. The lowest BCUT2D eigenvalue weighted by Crippen LogP contribution is -1.94. The van der Waals surface area contributed by atoms with Crippen LogP contribution in [0.5, 0.6) is 0 Å². The molecule has 0 fully saturated rings. The quantitative estimate of drug-likeness (QED) is 0.428. The number of anilines is 1. The molecule has 1 heterocycles. The lowest BCUT2D eigenvalue weighted by atomic mass is 10.1. The van der Waals surface area contributed by atoms with Crippen LogP contribution in [-0.2, 0) is 0 Å². The number of hydrogen-bond acceptors (Lipinski definition) is 4. The molecule has 0 spiro atoms. The fourth-order valence-corrected chi connectivity index (χ4v) is 2.26. The van der Waals surface area contributed by atoms with E-state index in [-0.39, 0.29) is 5.69 Å². The van der Waals surface area contributed by atoms with E-state index in [1.807, 2.05) is 26.0 Å². The number of nitrogens with two attached hydrogens (primary N) is 1. The van der Waals surface area contributed by atoms with Gasteiger partial charge in [-0.05, 0) is 43.2 Å². The van der Waals surface area contributed by atoms with E-state index in [0.717, 1.165) is 22.2 Å². The highest BCUT2D eigenvalue weighted by atomic mass is 16.6. The van der Waals surface area contributed by atoms with Gasteiger partial charge in [-0.1, -0.05) is 0 Å². The fraction of sp³-hybridized carbons (Fsp3) is 0.133. The molecule has 3 rings (SSSR count). The molecule has 6 nitrogen and oxygen atoms in total. The van der Waals surface area contributed by atoms with Gasteiger partial charge < -0.3 is 10.7 Å². The molecule has 0 amide bonds. The summed E-state index contributed by atoms with van der Waals surface area (Å²) in [5, 5.41) is 10.9. The molecule has 0 saturated heterocycles. The maximum absolute atomic E-state index is 10.9. The zero-order valence-electron chi connectivity index (χ0n) is 11.7. The molecule has 0 atom stereocenters. The van der Waals surface area contributed by atoms with E-state index >= 15 is 0 Å². The van der Waals surface area contributed by atoms with E-state index < -0.39 is 4.92 Å². The predicted octanol–water partition coefficient (Wildman–Crippen LogP) is 3.34. The molecule has 3 aromatic rings. The van der Waals surface area contributed by atoms with Crippen LogP contribution in [0.2, 0.25) is 0 Å². The smallest absolute Gasteiger partial charge is 0.270 e. The second-order valence-corrected chi connectivity index (χ2v) is 5.07. The minimum absolute atomic E-state index is 0.00739. The number of aryl methyl sites for hydroxylation is 2. The average Bonchev–Trinajstić information content (AvgIpc) is 2.82. The highest BCUT2D eigenvalue weighted by Gasteiger charge is 2.14. The van der Waals surface area contributed by atoms with Crippen molar-refractivity contribution in [3.63, 3.8) is 0 Å². The number of rotatable bonds is 2. The van der Waals surface area contributed by atoms with E-state index in [9.17, 15) is 10.1 Å². The summed E-state index contributed by atoms with van der Waals surface area (Å²) >= 11 is 0. The Labute approximate surface area is 120 Å². The Kier molecular flexibility index (Phi) is 2.86. The number of hydrogen-bond donors (Lipinski definition) is 2. The number of H-pyrrole nitrogens is 1. The SMILES string of the molecule is Cc1cc2nc(-c3cc([N+](=O)[O-])ccc3N)[nH]c2cc1C. The van der Waals surface area contributed by atoms with Crippen molar-refractivity contribution in [2.75, 3.05) is 5.73 Å². The number of nitro groups is 1. The number of nitrogens with one attached hydrogen (secondary N) is 1. The summed E-state index contributed by atoms with van der Waals surface area (Å²) in [6, 6.07) is 8.34. The summed E-state index contributed by atoms with van der Waals surface area (Å²) in [4.78, 5) is 18.1. The van der Waals surface area contributed by atoms with Gasteiger partial charge in [-0.15, -0.1) is 0 Å². The second kappa shape index (κ2) is 4.59. The number of nitro benzene ring substituents is 1. The minimum Gasteiger partial charge on any atom is -0.398 e. The summed E-state index contributed by atoms with van der Waals surface area (Å²) in [6.07, 6.45) is 0. The van der Waals surface area contributed by atoms with Crippen molar-refractivity contribution in [2.45, 2.75) is 13.8 Å². The summed E-state index contributed by atoms with van der Waals surface area (Å²) in [5.41, 5.74) is 10.9. The molecule has 106 valence electrons. The molecule has 3 N–H and O–H groups in total. The number of aromatic nitrogens is 2. The summed E-state index contributed by atoms with van der Waals surface area (Å²) in [5.74, 6) is 0.538. The van der Waals surface area contributed by atoms with Gasteiger partial charge in [-0.3, -0.25) is 10.1 Å². The van der Waals surface area contributed by atoms with Crippen LogP contribution in [0.3, 0.4) is 0 Å². The van der Waals surface area contributed by atoms with Crippen molar-refractivity contribution >= 4 is 22.4 Å². The third kappa shape index (κ3) is 2.20. The van der Waals surface area contributed by atoms with Gasteiger partial charge in [0, 0.05) is 23.4 Å². The molecule has 1 aromatic heterocycles. The summed E-state index contributed by atoms with van der Waals surface area (Å²) in [6.45, 7) is 4.04. The molecule has 0 bridgehead atoms. The number of imidazole rings is 1. The Morgan fingerprint density at radius 2 is 1.90 bits per heavy atom. The van der Waals surface area contributed by atoms with Crippen LogP contribution < -0.4 is 5.73 Å². The van der Waals surface area contributed by atoms with Crippen molar-refractivity contribution in [1.29, 1.82) is 0 Å². The fourth-order valence-electron chi connectivity index (χ4n) is 2.26. The van der Waals surface area contributed by atoms with Crippen LogP contribution in [0, 0.1) is 24.0 Å². The van der Waals surface area contributed by atoms with Crippen LogP contribution in [0.4, 0.5) is 11.4 Å². The van der Waals surface area contributed by atoms with Crippen LogP contribution in [0.25, 0.3) is 22.4 Å². The zero-order valence-corrected chi connectivity index (χ0v) is 11.7. The van der Waals surface area contributed by atoms with Gasteiger partial charge in [-0.2, -0.15) is 0 Å². The van der Waals surface area contributed by atoms with E-state index in [1.165, 1.54) is 18.2 Å². The Hall–Kier alpha value is -2.89. The molecule has 0 saturated carbocycles. The first-order valence-corrected chi connectivity index (χ1v) is 6.47. The van der Waals surface area contributed by atoms with Gasteiger partial charge >= 0.3 is 0 Å². The van der Waals surface area contributed by atoms with Crippen molar-refractivity contribution in [3.05, 3.63) is 51.6 Å². The van der Waals surface area contributed by atoms with Gasteiger partial charge in [0.05, 0.1) is 16.0 Å². The molecule has 2 aromatic carbocycles. The Morgan fingerprint density at radius 1 is 1.19 bits per heavy atom. The van der Waals surface area contributed by atoms with Crippen LogP contribution >= 0.6 is 0 Å². The number of benzene rings is 2. The molecule has 0 aliphatic heterocycles. The standard InChI is InChI=1S/C15H14N4O2/c1-8-5-13-14(6-9(8)2)18-15(17-13)11-7-10(19(20)21)3-4-12(11)16/h3-7H,16H2,1-2H3,(H,17,18). The second-order valence-electron chi connectivity index (χ2n) is 5.07. The lowest BCUT2D eigenvalue weighted by molar-refractivity contribution is -0.384. The summed E-state index contributed by atoms with van der Waals surface area (Å²) in [7, 11) is 0. The number of aromatic amines is 1. The molecule has 0 aliphatic carbocycles. The van der Waals surface area contributed by atoms with Crippen molar-refractivity contribution < 1.29 is 4.92 Å².